The summed E-state index contributed by atoms with van der Waals surface area (Å²) < 4.78 is 16.4. The van der Waals surface area contributed by atoms with Crippen molar-refractivity contribution < 1.29 is 19.3 Å². The number of alkyl halides is 1. The van der Waals surface area contributed by atoms with Crippen LogP contribution in [-0.2, 0) is 6.42 Å². The van der Waals surface area contributed by atoms with E-state index in [0.29, 0.717) is 22.8 Å². The molecular weight excluding hydrogens is 372 g/mol. The van der Waals surface area contributed by atoms with Crippen molar-refractivity contribution in [3.05, 3.63) is 59.4 Å². The van der Waals surface area contributed by atoms with Crippen LogP contribution in [0.5, 0.6) is 17.2 Å². The fourth-order valence-electron chi connectivity index (χ4n) is 2.80. The van der Waals surface area contributed by atoms with Gasteiger partial charge in [0, 0.05) is 16.5 Å². The highest BCUT2D eigenvalue weighted by atomic mass is 79.9. The molecule has 24 heavy (non-hydrogen) atoms. The maximum absolute atomic E-state index is 10.8. The molecule has 2 aromatic rings. The van der Waals surface area contributed by atoms with Gasteiger partial charge in [-0.1, -0.05) is 40.2 Å². The molecule has 126 valence electrons. The maximum Gasteiger partial charge on any atom is 0.204 e. The molecule has 0 saturated heterocycles. The fourth-order valence-corrected chi connectivity index (χ4v) is 3.26. The lowest BCUT2D eigenvalue weighted by molar-refractivity contribution is 0.220. The van der Waals surface area contributed by atoms with Gasteiger partial charge in [0.25, 0.3) is 0 Å². The Kier molecular flexibility index (Phi) is 5.11. The molecule has 0 radical (unpaired) electrons. The number of hydrogen-bond donors (Lipinski definition) is 1. The molecule has 0 fully saturated rings. The monoisotopic (exact) mass is 390 g/mol. The lowest BCUT2D eigenvalue weighted by Crippen LogP contribution is -2.11. The number of benzene rings is 2. The Balaban J connectivity index is 1.95. The number of aliphatic hydroxyl groups is 1. The second kappa shape index (κ2) is 7.28. The van der Waals surface area contributed by atoms with E-state index in [-0.39, 0.29) is 0 Å². The summed E-state index contributed by atoms with van der Waals surface area (Å²) in [5.41, 5.74) is 3.56. The number of rotatable bonds is 5. The molecular formula is C19H19BrO4. The van der Waals surface area contributed by atoms with Gasteiger partial charge >= 0.3 is 0 Å². The van der Waals surface area contributed by atoms with Gasteiger partial charge in [0.1, 0.15) is 6.10 Å². The van der Waals surface area contributed by atoms with E-state index in [1.54, 1.807) is 32.6 Å². The SMILES string of the molecule is COc1ccc2c(c1OC)OC=C(c1ccc(CCBr)cc1)C2O. The fraction of sp³-hybridized carbons (Fsp3) is 0.263. The third-order valence-electron chi connectivity index (χ3n) is 4.09. The molecule has 1 heterocycles. The van der Waals surface area contributed by atoms with E-state index in [0.717, 1.165) is 22.9 Å². The number of aliphatic hydroxyl groups excluding tert-OH is 1. The molecule has 3 rings (SSSR count). The lowest BCUT2D eigenvalue weighted by Gasteiger charge is -2.25. The molecule has 0 spiro atoms. The Labute approximate surface area is 149 Å². The predicted molar refractivity (Wildman–Crippen MR) is 97.1 cm³/mol. The Morgan fingerprint density at radius 3 is 2.46 bits per heavy atom. The molecule has 1 N–H and O–H groups in total. The molecule has 0 amide bonds. The Morgan fingerprint density at radius 2 is 1.83 bits per heavy atom. The minimum atomic E-state index is -0.782. The summed E-state index contributed by atoms with van der Waals surface area (Å²) in [5.74, 6) is 1.54. The van der Waals surface area contributed by atoms with Crippen molar-refractivity contribution >= 4 is 21.5 Å². The van der Waals surface area contributed by atoms with Crippen LogP contribution in [0, 0.1) is 0 Å². The second-order valence-electron chi connectivity index (χ2n) is 5.45. The number of ether oxygens (including phenoxy) is 3. The van der Waals surface area contributed by atoms with Crippen LogP contribution in [0.15, 0.2) is 42.7 Å². The number of halogens is 1. The van der Waals surface area contributed by atoms with Crippen LogP contribution in [-0.4, -0.2) is 24.7 Å². The first kappa shape index (κ1) is 16.9. The van der Waals surface area contributed by atoms with E-state index >= 15 is 0 Å². The topological polar surface area (TPSA) is 47.9 Å². The van der Waals surface area contributed by atoms with Crippen LogP contribution >= 0.6 is 15.9 Å². The van der Waals surface area contributed by atoms with Gasteiger partial charge in [-0.15, -0.1) is 0 Å². The van der Waals surface area contributed by atoms with Gasteiger partial charge in [0.05, 0.1) is 20.5 Å². The van der Waals surface area contributed by atoms with Gasteiger partial charge in [-0.3, -0.25) is 0 Å². The number of hydrogen-bond acceptors (Lipinski definition) is 4. The molecule has 0 aromatic heterocycles. The first-order chi connectivity index (χ1) is 11.7. The summed E-state index contributed by atoms with van der Waals surface area (Å²) in [4.78, 5) is 0. The maximum atomic E-state index is 10.8. The Hall–Kier alpha value is -1.98. The molecule has 1 unspecified atom stereocenters. The van der Waals surface area contributed by atoms with E-state index in [1.165, 1.54) is 5.56 Å². The van der Waals surface area contributed by atoms with E-state index in [4.69, 9.17) is 14.2 Å². The van der Waals surface area contributed by atoms with Crippen LogP contribution in [0.1, 0.15) is 22.8 Å². The van der Waals surface area contributed by atoms with Gasteiger partial charge in [-0.05, 0) is 29.7 Å². The van der Waals surface area contributed by atoms with Gasteiger partial charge in [-0.2, -0.15) is 0 Å². The number of aryl methyl sites for hydroxylation is 1. The van der Waals surface area contributed by atoms with Crippen LogP contribution < -0.4 is 14.2 Å². The van der Waals surface area contributed by atoms with Gasteiger partial charge < -0.3 is 19.3 Å². The first-order valence-electron chi connectivity index (χ1n) is 7.64. The molecule has 0 aliphatic carbocycles. The Morgan fingerprint density at radius 1 is 1.08 bits per heavy atom. The van der Waals surface area contributed by atoms with E-state index in [9.17, 15) is 5.11 Å². The average molecular weight is 391 g/mol. The summed E-state index contributed by atoms with van der Waals surface area (Å²) in [6.07, 6.45) is 1.77. The smallest absolute Gasteiger partial charge is 0.204 e. The van der Waals surface area contributed by atoms with Crippen LogP contribution in [0.3, 0.4) is 0 Å². The van der Waals surface area contributed by atoms with Crippen molar-refractivity contribution in [2.45, 2.75) is 12.5 Å². The average Bonchev–Trinajstić information content (AvgIpc) is 2.62. The number of fused-ring (bicyclic) bond motifs is 1. The van der Waals surface area contributed by atoms with Crippen molar-refractivity contribution in [2.24, 2.45) is 0 Å². The van der Waals surface area contributed by atoms with Gasteiger partial charge in [-0.25, -0.2) is 0 Å². The zero-order chi connectivity index (χ0) is 17.1. The number of methoxy groups -OCH3 is 2. The van der Waals surface area contributed by atoms with Crippen LogP contribution in [0.25, 0.3) is 5.57 Å². The summed E-state index contributed by atoms with van der Waals surface area (Å²) >= 11 is 3.44. The zero-order valence-corrected chi connectivity index (χ0v) is 15.2. The summed E-state index contributed by atoms with van der Waals surface area (Å²) in [6.45, 7) is 0. The zero-order valence-electron chi connectivity index (χ0n) is 13.6. The first-order valence-corrected chi connectivity index (χ1v) is 8.76. The molecule has 1 aliphatic heterocycles. The summed E-state index contributed by atoms with van der Waals surface area (Å²) in [7, 11) is 3.12. The van der Waals surface area contributed by atoms with Crippen molar-refractivity contribution in [1.29, 1.82) is 0 Å². The van der Waals surface area contributed by atoms with Crippen molar-refractivity contribution in [3.8, 4) is 17.2 Å². The van der Waals surface area contributed by atoms with E-state index in [1.807, 2.05) is 12.1 Å². The van der Waals surface area contributed by atoms with Gasteiger partial charge in [0.15, 0.2) is 11.5 Å². The molecule has 5 heteroatoms. The quantitative estimate of drug-likeness (QED) is 0.780. The molecule has 2 aromatic carbocycles. The highest BCUT2D eigenvalue weighted by Crippen LogP contribution is 2.47. The molecule has 0 bridgehead atoms. The standard InChI is InChI=1S/C19H19BrO4/c1-22-16-8-7-14-17(21)15(11-24-18(14)19(16)23-2)13-5-3-12(4-6-13)9-10-20/h3-8,11,17,21H,9-10H2,1-2H3. The molecule has 1 atom stereocenters. The minimum Gasteiger partial charge on any atom is -0.493 e. The van der Waals surface area contributed by atoms with E-state index < -0.39 is 6.10 Å². The highest BCUT2D eigenvalue weighted by molar-refractivity contribution is 9.09. The summed E-state index contributed by atoms with van der Waals surface area (Å²) in [6, 6.07) is 11.7. The van der Waals surface area contributed by atoms with Crippen LogP contribution in [0.4, 0.5) is 0 Å². The van der Waals surface area contributed by atoms with Crippen LogP contribution in [0.2, 0.25) is 0 Å². The third kappa shape index (κ3) is 3.01. The normalized spacial score (nSPS) is 16.0. The molecule has 0 saturated carbocycles. The third-order valence-corrected chi connectivity index (χ3v) is 4.49. The summed E-state index contributed by atoms with van der Waals surface area (Å²) in [5, 5.41) is 11.7. The largest absolute Gasteiger partial charge is 0.493 e. The van der Waals surface area contributed by atoms with Gasteiger partial charge in [0.2, 0.25) is 5.75 Å². The second-order valence-corrected chi connectivity index (χ2v) is 6.24. The van der Waals surface area contributed by atoms with Crippen molar-refractivity contribution in [2.75, 3.05) is 19.5 Å². The minimum absolute atomic E-state index is 0.483. The van der Waals surface area contributed by atoms with Crippen molar-refractivity contribution in [3.63, 3.8) is 0 Å². The van der Waals surface area contributed by atoms with Crippen molar-refractivity contribution in [1.82, 2.24) is 0 Å². The predicted octanol–water partition coefficient (Wildman–Crippen LogP) is 4.11. The van der Waals surface area contributed by atoms with E-state index in [2.05, 4.69) is 28.1 Å². The lowest BCUT2D eigenvalue weighted by atomic mass is 9.93. The molecule has 4 nitrogen and oxygen atoms in total. The highest BCUT2D eigenvalue weighted by Gasteiger charge is 2.28. The molecule has 1 aliphatic rings. The Bertz CT molecular complexity index is 753.